The number of anilines is 1. The van der Waals surface area contributed by atoms with Gasteiger partial charge in [-0.15, -0.1) is 5.10 Å². The molecule has 0 radical (unpaired) electrons. The molecular formula is C27H28F3N5O2. The van der Waals surface area contributed by atoms with E-state index < -0.39 is 17.6 Å². The number of aromatic nitrogens is 3. The number of ether oxygens (including phenoxy) is 1. The molecule has 194 valence electrons. The number of benzene rings is 2. The first kappa shape index (κ1) is 24.1. The number of rotatable bonds is 7. The summed E-state index contributed by atoms with van der Waals surface area (Å²) in [6.07, 6.45) is 1.93. The molecule has 2 aliphatic heterocycles. The lowest BCUT2D eigenvalue weighted by Gasteiger charge is -2.39. The summed E-state index contributed by atoms with van der Waals surface area (Å²) in [5.74, 6) is -0.230. The molecule has 1 aromatic heterocycles. The van der Waals surface area contributed by atoms with E-state index in [1.54, 1.807) is 29.2 Å². The summed E-state index contributed by atoms with van der Waals surface area (Å²) < 4.78 is 49.5. The first-order valence-corrected chi connectivity index (χ1v) is 12.6. The SMILES string of the molecule is CC1(NCc2cc3c(c(C(F)(F)F)c2)CN(c2cccc([C@@H](C4COC4)n4ccnn4)c2)C3=O)CCC1. The molecule has 7 nitrogen and oxygen atoms in total. The Morgan fingerprint density at radius 3 is 2.65 bits per heavy atom. The third-order valence-corrected chi connectivity index (χ3v) is 7.94. The van der Waals surface area contributed by atoms with Gasteiger partial charge in [0, 0.05) is 35.4 Å². The molecule has 2 fully saturated rings. The van der Waals surface area contributed by atoms with Crippen LogP contribution in [0.1, 0.15) is 64.8 Å². The van der Waals surface area contributed by atoms with Gasteiger partial charge in [-0.3, -0.25) is 4.79 Å². The molecule has 0 spiro atoms. The zero-order valence-corrected chi connectivity index (χ0v) is 20.5. The Labute approximate surface area is 212 Å². The highest BCUT2D eigenvalue weighted by atomic mass is 19.4. The van der Waals surface area contributed by atoms with Gasteiger partial charge in [0.1, 0.15) is 0 Å². The summed E-state index contributed by atoms with van der Waals surface area (Å²) in [5.41, 5.74) is 1.28. The van der Waals surface area contributed by atoms with E-state index in [1.165, 1.54) is 11.0 Å². The predicted molar refractivity (Wildman–Crippen MR) is 130 cm³/mol. The normalized spacial score (nSPS) is 19.9. The number of halogens is 3. The van der Waals surface area contributed by atoms with E-state index in [9.17, 15) is 18.0 Å². The molecule has 0 bridgehead atoms. The molecular weight excluding hydrogens is 483 g/mol. The van der Waals surface area contributed by atoms with Crippen molar-refractivity contribution in [2.45, 2.75) is 57.0 Å². The van der Waals surface area contributed by atoms with E-state index in [1.807, 2.05) is 18.2 Å². The lowest BCUT2D eigenvalue weighted by Crippen LogP contribution is -2.47. The molecule has 10 heteroatoms. The minimum atomic E-state index is -4.55. The molecule has 1 atom stereocenters. The second-order valence-corrected chi connectivity index (χ2v) is 10.5. The number of hydrogen-bond donors (Lipinski definition) is 1. The summed E-state index contributed by atoms with van der Waals surface area (Å²) >= 11 is 0. The standard InChI is InChI=1S/C27H28F3N5O2/c1-26(6-3-7-26)31-13-17-10-21-22(23(11-17)27(28,29)30)14-34(25(21)36)20-5-2-4-18(12-20)24(19-15-37-16-19)35-9-8-32-33-35/h2,4-5,8-12,19,24,31H,3,6-7,13-16H2,1H3/t24-/m0/s1. The Morgan fingerprint density at radius 1 is 1.22 bits per heavy atom. The maximum Gasteiger partial charge on any atom is 0.416 e. The van der Waals surface area contributed by atoms with Gasteiger partial charge < -0.3 is 15.0 Å². The van der Waals surface area contributed by atoms with E-state index >= 15 is 0 Å². The Balaban J connectivity index is 1.32. The second-order valence-electron chi connectivity index (χ2n) is 10.5. The monoisotopic (exact) mass is 511 g/mol. The zero-order valence-electron chi connectivity index (χ0n) is 20.5. The van der Waals surface area contributed by atoms with E-state index in [2.05, 4.69) is 22.6 Å². The number of fused-ring (bicyclic) bond motifs is 1. The topological polar surface area (TPSA) is 72.3 Å². The van der Waals surface area contributed by atoms with Crippen LogP contribution < -0.4 is 10.2 Å². The molecule has 1 amide bonds. The Kier molecular flexibility index (Phi) is 5.83. The van der Waals surface area contributed by atoms with Crippen LogP contribution in [0.4, 0.5) is 18.9 Å². The largest absolute Gasteiger partial charge is 0.416 e. The van der Waals surface area contributed by atoms with Gasteiger partial charge in [-0.05, 0) is 67.1 Å². The van der Waals surface area contributed by atoms with Crippen molar-refractivity contribution < 1.29 is 22.7 Å². The molecule has 3 heterocycles. The van der Waals surface area contributed by atoms with Crippen molar-refractivity contribution >= 4 is 11.6 Å². The average Bonchev–Trinajstić information content (AvgIpc) is 3.46. The third-order valence-electron chi connectivity index (χ3n) is 7.94. The van der Waals surface area contributed by atoms with Crippen molar-refractivity contribution in [3.63, 3.8) is 0 Å². The van der Waals surface area contributed by atoms with Crippen LogP contribution in [0, 0.1) is 5.92 Å². The summed E-state index contributed by atoms with van der Waals surface area (Å²) in [7, 11) is 0. The van der Waals surface area contributed by atoms with Crippen LogP contribution in [0.25, 0.3) is 0 Å². The van der Waals surface area contributed by atoms with E-state index in [4.69, 9.17) is 4.74 Å². The number of nitrogens with one attached hydrogen (secondary N) is 1. The van der Waals surface area contributed by atoms with Gasteiger partial charge >= 0.3 is 6.18 Å². The Morgan fingerprint density at radius 2 is 2.03 bits per heavy atom. The van der Waals surface area contributed by atoms with Crippen LogP contribution in [0.15, 0.2) is 48.8 Å². The number of nitrogens with zero attached hydrogens (tertiary/aromatic N) is 4. The average molecular weight is 512 g/mol. The predicted octanol–water partition coefficient (Wildman–Crippen LogP) is 4.73. The third kappa shape index (κ3) is 4.42. The molecule has 6 rings (SSSR count). The first-order valence-electron chi connectivity index (χ1n) is 12.6. The molecule has 2 aromatic carbocycles. The van der Waals surface area contributed by atoms with E-state index in [0.717, 1.165) is 24.8 Å². The fourth-order valence-corrected chi connectivity index (χ4v) is 5.55. The number of hydrogen-bond acceptors (Lipinski definition) is 5. The number of amides is 1. The molecule has 1 aliphatic carbocycles. The molecule has 3 aromatic rings. The van der Waals surface area contributed by atoms with Crippen molar-refractivity contribution in [3.05, 3.63) is 76.6 Å². The van der Waals surface area contributed by atoms with Crippen LogP contribution in [-0.2, 0) is 24.0 Å². The van der Waals surface area contributed by atoms with Crippen molar-refractivity contribution in [1.82, 2.24) is 20.3 Å². The molecule has 1 N–H and O–H groups in total. The maximum absolute atomic E-state index is 14.1. The van der Waals surface area contributed by atoms with Crippen LogP contribution in [0.3, 0.4) is 0 Å². The van der Waals surface area contributed by atoms with Crippen molar-refractivity contribution in [2.75, 3.05) is 18.1 Å². The summed E-state index contributed by atoms with van der Waals surface area (Å²) in [4.78, 5) is 14.9. The van der Waals surface area contributed by atoms with Crippen molar-refractivity contribution in [1.29, 1.82) is 0 Å². The van der Waals surface area contributed by atoms with Gasteiger partial charge in [-0.25, -0.2) is 4.68 Å². The quantitative estimate of drug-likeness (QED) is 0.497. The Hall–Kier alpha value is -3.24. The van der Waals surface area contributed by atoms with E-state index in [-0.39, 0.29) is 35.2 Å². The lowest BCUT2D eigenvalue weighted by atomic mass is 9.78. The molecule has 3 aliphatic rings. The van der Waals surface area contributed by atoms with Crippen molar-refractivity contribution in [2.24, 2.45) is 5.92 Å². The van der Waals surface area contributed by atoms with Crippen LogP contribution >= 0.6 is 0 Å². The minimum absolute atomic E-state index is 0.0294. The summed E-state index contributed by atoms with van der Waals surface area (Å²) in [5, 5.41) is 11.5. The van der Waals surface area contributed by atoms with Gasteiger partial charge in [-0.1, -0.05) is 17.3 Å². The highest BCUT2D eigenvalue weighted by Crippen LogP contribution is 2.41. The van der Waals surface area contributed by atoms with Gasteiger partial charge in [0.05, 0.1) is 37.6 Å². The second kappa shape index (κ2) is 8.95. The smallest absolute Gasteiger partial charge is 0.381 e. The first-order chi connectivity index (χ1) is 17.7. The number of alkyl halides is 3. The van der Waals surface area contributed by atoms with Crippen LogP contribution in [0.2, 0.25) is 0 Å². The Bertz CT molecular complexity index is 1320. The van der Waals surface area contributed by atoms with Crippen LogP contribution in [-0.4, -0.2) is 39.7 Å². The lowest BCUT2D eigenvalue weighted by molar-refractivity contribution is -0.138. The zero-order chi connectivity index (χ0) is 25.8. The molecule has 1 saturated heterocycles. The summed E-state index contributed by atoms with van der Waals surface area (Å²) in [6, 6.07) is 10.1. The molecule has 1 saturated carbocycles. The summed E-state index contributed by atoms with van der Waals surface area (Å²) in [6.45, 7) is 3.40. The minimum Gasteiger partial charge on any atom is -0.381 e. The van der Waals surface area contributed by atoms with Crippen molar-refractivity contribution in [3.8, 4) is 0 Å². The van der Waals surface area contributed by atoms with Crippen LogP contribution in [0.5, 0.6) is 0 Å². The highest BCUT2D eigenvalue weighted by molar-refractivity contribution is 6.10. The fourth-order valence-electron chi connectivity index (χ4n) is 5.55. The molecule has 37 heavy (non-hydrogen) atoms. The fraction of sp³-hybridized carbons (Fsp3) is 0.444. The van der Waals surface area contributed by atoms with Gasteiger partial charge in [0.2, 0.25) is 0 Å². The number of carbonyl (C=O) groups excluding carboxylic acids is 1. The van der Waals surface area contributed by atoms with Gasteiger partial charge in [0.15, 0.2) is 0 Å². The van der Waals surface area contributed by atoms with Gasteiger partial charge in [0.25, 0.3) is 5.91 Å². The number of carbonyl (C=O) groups is 1. The van der Waals surface area contributed by atoms with Gasteiger partial charge in [-0.2, -0.15) is 13.2 Å². The van der Waals surface area contributed by atoms with E-state index in [0.29, 0.717) is 31.0 Å². The maximum atomic E-state index is 14.1. The highest BCUT2D eigenvalue weighted by Gasteiger charge is 2.41. The molecule has 0 unspecified atom stereocenters.